The molecule has 4 aromatic rings. The molecule has 0 saturated carbocycles. The zero-order valence-electron chi connectivity index (χ0n) is 23.0. The molecule has 3 atom stereocenters. The van der Waals surface area contributed by atoms with Gasteiger partial charge in [-0.15, -0.1) is 11.3 Å². The van der Waals surface area contributed by atoms with E-state index in [1.165, 1.54) is 0 Å². The molecule has 1 fully saturated rings. The number of thiazole rings is 1. The molecule has 3 aromatic carbocycles. The van der Waals surface area contributed by atoms with Crippen LogP contribution >= 0.6 is 11.3 Å². The predicted molar refractivity (Wildman–Crippen MR) is 158 cm³/mol. The molecular formula is C32H34N4O3S. The van der Waals surface area contributed by atoms with Gasteiger partial charge in [0.05, 0.1) is 34.3 Å². The van der Waals surface area contributed by atoms with Crippen LogP contribution in [0.5, 0.6) is 0 Å². The Hall–Kier alpha value is -3.59. The summed E-state index contributed by atoms with van der Waals surface area (Å²) in [7, 11) is 1.96. The maximum absolute atomic E-state index is 14.1. The number of amides is 2. The SMILES string of the molecule is CC(C)OC(c1nc2ccccc2s1)C1C[C@@]2(CN1C(=O)CN(C)Cc1ccccc1)C(=O)Nc1ccccc12. The topological polar surface area (TPSA) is 74.8 Å². The van der Waals surface area contributed by atoms with Gasteiger partial charge in [0, 0.05) is 18.8 Å². The first kappa shape index (κ1) is 26.6. The van der Waals surface area contributed by atoms with Crippen LogP contribution in [0.4, 0.5) is 5.69 Å². The summed E-state index contributed by atoms with van der Waals surface area (Å²) in [6.07, 6.45) is -0.0752. The van der Waals surface area contributed by atoms with Gasteiger partial charge in [-0.2, -0.15) is 0 Å². The Morgan fingerprint density at radius 3 is 2.60 bits per heavy atom. The zero-order chi connectivity index (χ0) is 27.9. The average molecular weight is 555 g/mol. The fourth-order valence-corrected chi connectivity index (χ4v) is 7.17. The van der Waals surface area contributed by atoms with E-state index in [1.54, 1.807) is 11.3 Å². The number of rotatable bonds is 8. The maximum Gasteiger partial charge on any atom is 0.237 e. The summed E-state index contributed by atoms with van der Waals surface area (Å²) in [5, 5.41) is 3.92. The van der Waals surface area contributed by atoms with Gasteiger partial charge in [0.25, 0.3) is 0 Å². The number of para-hydroxylation sites is 2. The molecule has 6 rings (SSSR count). The minimum atomic E-state index is -0.829. The van der Waals surface area contributed by atoms with Crippen LogP contribution in [0, 0.1) is 0 Å². The molecule has 7 nitrogen and oxygen atoms in total. The van der Waals surface area contributed by atoms with Crippen LogP contribution in [0.3, 0.4) is 0 Å². The number of carbonyl (C=O) groups excluding carboxylic acids is 2. The molecule has 0 bridgehead atoms. The number of fused-ring (bicyclic) bond motifs is 3. The van der Waals surface area contributed by atoms with Gasteiger partial charge in [0.15, 0.2) is 0 Å². The van der Waals surface area contributed by atoms with Crippen molar-refractivity contribution in [1.82, 2.24) is 14.8 Å². The third-order valence-electron chi connectivity index (χ3n) is 7.87. The number of ether oxygens (including phenoxy) is 1. The Morgan fingerprint density at radius 2 is 1.82 bits per heavy atom. The highest BCUT2D eigenvalue weighted by Crippen LogP contribution is 2.50. The molecular weight excluding hydrogens is 520 g/mol. The van der Waals surface area contributed by atoms with Crippen molar-refractivity contribution in [3.63, 3.8) is 0 Å². The number of anilines is 1. The molecule has 8 heteroatoms. The lowest BCUT2D eigenvalue weighted by Gasteiger charge is -2.32. The number of likely N-dealkylation sites (tertiary alicyclic amines) is 1. The molecule has 0 aliphatic carbocycles. The van der Waals surface area contributed by atoms with E-state index in [4.69, 9.17) is 9.72 Å². The fourth-order valence-electron chi connectivity index (χ4n) is 6.11. The molecule has 1 N–H and O–H groups in total. The molecule has 0 radical (unpaired) electrons. The van der Waals surface area contributed by atoms with Crippen LogP contribution in [0.15, 0.2) is 78.9 Å². The quantitative estimate of drug-likeness (QED) is 0.316. The number of carbonyl (C=O) groups is 2. The Balaban J connectivity index is 1.37. The summed E-state index contributed by atoms with van der Waals surface area (Å²) >= 11 is 1.60. The third kappa shape index (κ3) is 4.91. The van der Waals surface area contributed by atoms with Crippen molar-refractivity contribution >= 4 is 39.1 Å². The Bertz CT molecular complexity index is 1500. The van der Waals surface area contributed by atoms with Crippen molar-refractivity contribution in [3.8, 4) is 0 Å². The first-order chi connectivity index (χ1) is 19.3. The number of likely N-dealkylation sites (N-methyl/N-ethyl adjacent to an activating group) is 1. The van der Waals surface area contributed by atoms with Crippen LogP contribution < -0.4 is 5.32 Å². The van der Waals surface area contributed by atoms with Crippen LogP contribution in [0.2, 0.25) is 0 Å². The second-order valence-corrected chi connectivity index (χ2v) is 12.2. The molecule has 206 valence electrons. The molecule has 2 unspecified atom stereocenters. The molecule has 2 aliphatic heterocycles. The lowest BCUT2D eigenvalue weighted by atomic mass is 9.79. The second-order valence-electron chi connectivity index (χ2n) is 11.2. The normalized spacial score (nSPS) is 21.0. The number of hydrogen-bond acceptors (Lipinski definition) is 6. The highest BCUT2D eigenvalue weighted by Gasteiger charge is 2.58. The fraction of sp³-hybridized carbons (Fsp3) is 0.344. The average Bonchev–Trinajstić information content (AvgIpc) is 3.62. The number of benzene rings is 3. The highest BCUT2D eigenvalue weighted by atomic mass is 32.1. The van der Waals surface area contributed by atoms with Crippen molar-refractivity contribution in [2.24, 2.45) is 0 Å². The van der Waals surface area contributed by atoms with Gasteiger partial charge in [-0.3, -0.25) is 14.5 Å². The smallest absolute Gasteiger partial charge is 0.237 e. The van der Waals surface area contributed by atoms with Crippen LogP contribution in [0.1, 0.15) is 42.5 Å². The molecule has 1 spiro atoms. The molecule has 1 aromatic heterocycles. The van der Waals surface area contributed by atoms with E-state index in [9.17, 15) is 9.59 Å². The predicted octanol–water partition coefficient (Wildman–Crippen LogP) is 5.39. The Labute approximate surface area is 238 Å². The van der Waals surface area contributed by atoms with Gasteiger partial charge < -0.3 is 15.0 Å². The van der Waals surface area contributed by atoms with E-state index in [2.05, 4.69) is 23.5 Å². The van der Waals surface area contributed by atoms with E-state index in [0.29, 0.717) is 19.5 Å². The third-order valence-corrected chi connectivity index (χ3v) is 8.96. The van der Waals surface area contributed by atoms with Crippen LogP contribution in [-0.4, -0.2) is 58.9 Å². The first-order valence-corrected chi connectivity index (χ1v) is 14.6. The number of nitrogens with one attached hydrogen (secondary N) is 1. The summed E-state index contributed by atoms with van der Waals surface area (Å²) < 4.78 is 7.64. The van der Waals surface area contributed by atoms with Gasteiger partial charge >= 0.3 is 0 Å². The molecule has 3 heterocycles. The van der Waals surface area contributed by atoms with E-state index < -0.39 is 11.5 Å². The zero-order valence-corrected chi connectivity index (χ0v) is 23.9. The molecule has 40 heavy (non-hydrogen) atoms. The highest BCUT2D eigenvalue weighted by molar-refractivity contribution is 7.18. The van der Waals surface area contributed by atoms with Crippen LogP contribution in [-0.2, 0) is 26.3 Å². The van der Waals surface area contributed by atoms with E-state index in [-0.39, 0.29) is 30.5 Å². The van der Waals surface area contributed by atoms with E-state index in [1.807, 2.05) is 91.4 Å². The first-order valence-electron chi connectivity index (χ1n) is 13.8. The van der Waals surface area contributed by atoms with Crippen molar-refractivity contribution in [2.45, 2.75) is 50.5 Å². The van der Waals surface area contributed by atoms with E-state index in [0.717, 1.165) is 32.0 Å². The van der Waals surface area contributed by atoms with Crippen molar-refractivity contribution in [2.75, 3.05) is 25.5 Å². The number of aromatic nitrogens is 1. The summed E-state index contributed by atoms with van der Waals surface area (Å²) in [5.41, 5.74) is 3.00. The minimum Gasteiger partial charge on any atom is -0.366 e. The summed E-state index contributed by atoms with van der Waals surface area (Å²) in [6, 6.07) is 25.7. The van der Waals surface area contributed by atoms with Crippen LogP contribution in [0.25, 0.3) is 10.2 Å². The minimum absolute atomic E-state index is 0.0176. The Morgan fingerprint density at radius 1 is 1.10 bits per heavy atom. The van der Waals surface area contributed by atoms with E-state index >= 15 is 0 Å². The Kier molecular flexibility index (Phi) is 7.16. The van der Waals surface area contributed by atoms with Gasteiger partial charge in [0.2, 0.25) is 11.8 Å². The van der Waals surface area contributed by atoms with Gasteiger partial charge in [-0.1, -0.05) is 60.7 Å². The summed E-state index contributed by atoms with van der Waals surface area (Å²) in [4.78, 5) is 36.6. The summed E-state index contributed by atoms with van der Waals surface area (Å²) in [6.45, 7) is 5.20. The number of nitrogens with zero attached hydrogens (tertiary/aromatic N) is 3. The molecule has 2 amide bonds. The second kappa shape index (κ2) is 10.8. The molecule has 2 aliphatic rings. The molecule has 1 saturated heterocycles. The maximum atomic E-state index is 14.1. The van der Waals surface area contributed by atoms with Gasteiger partial charge in [0.1, 0.15) is 11.1 Å². The standard InChI is InChI=1S/C32H34N4O3S/c1-21(2)39-29(30-33-25-15-9-10-16-27(25)40-30)26-17-32(23-13-7-8-14-24(23)34-31(32)38)20-36(26)28(37)19-35(3)18-22-11-5-4-6-12-22/h4-16,21,26,29H,17-20H2,1-3H3,(H,34,38)/t26?,29?,32-/m0/s1. The van der Waals surface area contributed by atoms with Gasteiger partial charge in [-0.05, 0) is 56.6 Å². The van der Waals surface area contributed by atoms with Crippen molar-refractivity contribution < 1.29 is 14.3 Å². The van der Waals surface area contributed by atoms with Gasteiger partial charge in [-0.25, -0.2) is 4.98 Å². The van der Waals surface area contributed by atoms with Crippen molar-refractivity contribution in [3.05, 3.63) is 95.0 Å². The monoisotopic (exact) mass is 554 g/mol. The summed E-state index contributed by atoms with van der Waals surface area (Å²) in [5.74, 6) is -0.0739. The van der Waals surface area contributed by atoms with Crippen molar-refractivity contribution in [1.29, 1.82) is 0 Å². The largest absolute Gasteiger partial charge is 0.366 e. The number of hydrogen-bond donors (Lipinski definition) is 1. The lowest BCUT2D eigenvalue weighted by Crippen LogP contribution is -2.45. The lowest BCUT2D eigenvalue weighted by molar-refractivity contribution is -0.137.